The number of carbonyl (C=O) groups excluding carboxylic acids is 1. The van der Waals surface area contributed by atoms with Crippen LogP contribution in [-0.4, -0.2) is 12.6 Å². The Morgan fingerprint density at radius 1 is 1.22 bits per heavy atom. The van der Waals surface area contributed by atoms with Gasteiger partial charge in [-0.05, 0) is 48.4 Å². The lowest BCUT2D eigenvalue weighted by atomic mass is 10.1. The highest BCUT2D eigenvalue weighted by atomic mass is 16.5. The molecule has 0 radical (unpaired) electrons. The third-order valence-electron chi connectivity index (χ3n) is 3.40. The quantitative estimate of drug-likeness (QED) is 0.617. The largest absolute Gasteiger partial charge is 0.462 e. The van der Waals surface area contributed by atoms with E-state index in [1.807, 2.05) is 30.3 Å². The number of esters is 1. The molecule has 23 heavy (non-hydrogen) atoms. The van der Waals surface area contributed by atoms with Crippen LogP contribution in [0.4, 0.5) is 5.69 Å². The molecule has 4 nitrogen and oxygen atoms in total. The molecule has 2 aromatic carbocycles. The number of anilines is 1. The van der Waals surface area contributed by atoms with Crippen LogP contribution in [0.3, 0.4) is 0 Å². The van der Waals surface area contributed by atoms with E-state index in [9.17, 15) is 4.79 Å². The van der Waals surface area contributed by atoms with Crippen molar-refractivity contribution in [2.45, 2.75) is 26.3 Å². The fraction of sp³-hybridized carbons (Fsp3) is 0.263. The molecule has 0 aliphatic heterocycles. The predicted molar refractivity (Wildman–Crippen MR) is 90.1 cm³/mol. The van der Waals surface area contributed by atoms with Gasteiger partial charge in [0.25, 0.3) is 0 Å². The lowest BCUT2D eigenvalue weighted by Crippen LogP contribution is -2.06. The lowest BCUT2D eigenvalue weighted by molar-refractivity contribution is 0.0500. The van der Waals surface area contributed by atoms with Crippen molar-refractivity contribution < 1.29 is 9.53 Å². The first-order valence-electron chi connectivity index (χ1n) is 7.73. The zero-order valence-corrected chi connectivity index (χ0v) is 13.2. The summed E-state index contributed by atoms with van der Waals surface area (Å²) in [6.07, 6.45) is 1.89. The van der Waals surface area contributed by atoms with E-state index in [1.54, 1.807) is 18.2 Å². The van der Waals surface area contributed by atoms with Gasteiger partial charge in [0.1, 0.15) is 0 Å². The summed E-state index contributed by atoms with van der Waals surface area (Å²) in [7, 11) is 0. The fourth-order valence-corrected chi connectivity index (χ4v) is 2.07. The van der Waals surface area contributed by atoms with Crippen molar-refractivity contribution >= 4 is 11.7 Å². The number of unbranched alkanes of at least 4 members (excludes halogenated alkanes) is 1. The second kappa shape index (κ2) is 8.60. The molecule has 2 aromatic rings. The molecule has 0 amide bonds. The number of benzene rings is 2. The lowest BCUT2D eigenvalue weighted by Gasteiger charge is -2.08. The van der Waals surface area contributed by atoms with Gasteiger partial charge in [-0.2, -0.15) is 5.26 Å². The van der Waals surface area contributed by atoms with Crippen molar-refractivity contribution in [3.63, 3.8) is 0 Å². The second-order valence-corrected chi connectivity index (χ2v) is 5.23. The Hall–Kier alpha value is -2.80. The van der Waals surface area contributed by atoms with Crippen molar-refractivity contribution in [2.24, 2.45) is 0 Å². The van der Waals surface area contributed by atoms with Crippen molar-refractivity contribution in [1.29, 1.82) is 5.26 Å². The molecule has 0 aliphatic carbocycles. The number of rotatable bonds is 7. The Morgan fingerprint density at radius 3 is 2.70 bits per heavy atom. The van der Waals surface area contributed by atoms with E-state index in [0.717, 1.165) is 24.1 Å². The molecule has 0 heterocycles. The Bertz CT molecular complexity index is 687. The summed E-state index contributed by atoms with van der Waals surface area (Å²) in [6, 6.07) is 16.8. The maximum absolute atomic E-state index is 11.8. The van der Waals surface area contributed by atoms with E-state index in [1.165, 1.54) is 0 Å². The Balaban J connectivity index is 1.89. The second-order valence-electron chi connectivity index (χ2n) is 5.23. The van der Waals surface area contributed by atoms with Crippen LogP contribution in [0.5, 0.6) is 0 Å². The van der Waals surface area contributed by atoms with Gasteiger partial charge in [0.15, 0.2) is 0 Å². The van der Waals surface area contributed by atoms with E-state index in [-0.39, 0.29) is 5.97 Å². The normalized spacial score (nSPS) is 9.91. The van der Waals surface area contributed by atoms with Gasteiger partial charge >= 0.3 is 5.97 Å². The van der Waals surface area contributed by atoms with Crippen LogP contribution < -0.4 is 5.32 Å². The van der Waals surface area contributed by atoms with Crippen LogP contribution in [0.2, 0.25) is 0 Å². The first-order chi connectivity index (χ1) is 11.2. The minimum absolute atomic E-state index is 0.285. The molecule has 0 atom stereocenters. The molecule has 2 rings (SSSR count). The first kappa shape index (κ1) is 16.6. The van der Waals surface area contributed by atoms with Crippen LogP contribution in [0, 0.1) is 11.3 Å². The zero-order chi connectivity index (χ0) is 16.5. The van der Waals surface area contributed by atoms with E-state index in [4.69, 9.17) is 10.00 Å². The molecular weight excluding hydrogens is 288 g/mol. The number of carbonyl (C=O) groups is 1. The summed E-state index contributed by atoms with van der Waals surface area (Å²) in [5, 5.41) is 12.2. The molecule has 0 saturated heterocycles. The minimum Gasteiger partial charge on any atom is -0.462 e. The number of nitrogens with zero attached hydrogens (tertiary/aromatic N) is 1. The number of hydrogen-bond donors (Lipinski definition) is 1. The summed E-state index contributed by atoms with van der Waals surface area (Å²) in [5.41, 5.74) is 3.15. The molecule has 0 unspecified atom stereocenters. The number of hydrogen-bond acceptors (Lipinski definition) is 4. The minimum atomic E-state index is -0.285. The predicted octanol–water partition coefficient (Wildman–Crippen LogP) is 4.13. The standard InChI is InChI=1S/C19H20N2O2/c1-2-3-11-23-19(22)17-7-9-18(10-8-17)21-14-16-6-4-5-15(12-16)13-20/h4-10,12,21H,2-3,11,14H2,1H3. The van der Waals surface area contributed by atoms with Gasteiger partial charge in [-0.15, -0.1) is 0 Å². The monoisotopic (exact) mass is 308 g/mol. The Labute approximate surface area is 136 Å². The molecule has 4 heteroatoms. The maximum Gasteiger partial charge on any atom is 0.338 e. The average molecular weight is 308 g/mol. The van der Waals surface area contributed by atoms with Gasteiger partial charge in [0.2, 0.25) is 0 Å². The van der Waals surface area contributed by atoms with Crippen LogP contribution in [-0.2, 0) is 11.3 Å². The van der Waals surface area contributed by atoms with Crippen LogP contribution in [0.25, 0.3) is 0 Å². The van der Waals surface area contributed by atoms with Crippen molar-refractivity contribution in [3.05, 3.63) is 65.2 Å². The van der Waals surface area contributed by atoms with E-state index >= 15 is 0 Å². The summed E-state index contributed by atoms with van der Waals surface area (Å²) in [6.45, 7) is 3.14. The highest BCUT2D eigenvalue weighted by Gasteiger charge is 2.06. The van der Waals surface area contributed by atoms with Gasteiger partial charge in [0.05, 0.1) is 23.8 Å². The molecule has 0 saturated carbocycles. The molecule has 0 fully saturated rings. The molecule has 0 aliphatic rings. The Morgan fingerprint density at radius 2 is 2.00 bits per heavy atom. The van der Waals surface area contributed by atoms with E-state index < -0.39 is 0 Å². The van der Waals surface area contributed by atoms with Crippen molar-refractivity contribution in [1.82, 2.24) is 0 Å². The smallest absolute Gasteiger partial charge is 0.338 e. The first-order valence-corrected chi connectivity index (χ1v) is 7.73. The highest BCUT2D eigenvalue weighted by Crippen LogP contribution is 2.13. The summed E-state index contributed by atoms with van der Waals surface area (Å²) in [4.78, 5) is 11.8. The molecular formula is C19H20N2O2. The zero-order valence-electron chi connectivity index (χ0n) is 13.2. The SMILES string of the molecule is CCCCOC(=O)c1ccc(NCc2cccc(C#N)c2)cc1. The fourth-order valence-electron chi connectivity index (χ4n) is 2.07. The van der Waals surface area contributed by atoms with Crippen LogP contribution >= 0.6 is 0 Å². The number of nitrogens with one attached hydrogen (secondary N) is 1. The van der Waals surface area contributed by atoms with Crippen LogP contribution in [0.15, 0.2) is 48.5 Å². The maximum atomic E-state index is 11.8. The van der Waals surface area contributed by atoms with Gasteiger partial charge in [-0.1, -0.05) is 25.5 Å². The number of nitriles is 1. The van der Waals surface area contributed by atoms with Gasteiger partial charge < -0.3 is 10.1 Å². The molecule has 0 bridgehead atoms. The Kier molecular flexibility index (Phi) is 6.19. The highest BCUT2D eigenvalue weighted by molar-refractivity contribution is 5.89. The summed E-state index contributed by atoms with van der Waals surface area (Å²) in [5.74, 6) is -0.285. The third-order valence-corrected chi connectivity index (χ3v) is 3.40. The topological polar surface area (TPSA) is 62.1 Å². The van der Waals surface area contributed by atoms with E-state index in [2.05, 4.69) is 18.3 Å². The van der Waals surface area contributed by atoms with Crippen molar-refractivity contribution in [3.8, 4) is 6.07 Å². The van der Waals surface area contributed by atoms with Crippen molar-refractivity contribution in [2.75, 3.05) is 11.9 Å². The molecule has 0 spiro atoms. The van der Waals surface area contributed by atoms with Gasteiger partial charge in [-0.25, -0.2) is 4.79 Å². The molecule has 118 valence electrons. The average Bonchev–Trinajstić information content (AvgIpc) is 2.60. The third kappa shape index (κ3) is 5.15. The van der Waals surface area contributed by atoms with E-state index in [0.29, 0.717) is 24.3 Å². The number of ether oxygens (including phenoxy) is 1. The summed E-state index contributed by atoms with van der Waals surface area (Å²) >= 11 is 0. The van der Waals surface area contributed by atoms with Crippen LogP contribution in [0.1, 0.15) is 41.3 Å². The molecule has 1 N–H and O–H groups in total. The summed E-state index contributed by atoms with van der Waals surface area (Å²) < 4.78 is 5.17. The van der Waals surface area contributed by atoms with Gasteiger partial charge in [0, 0.05) is 12.2 Å². The van der Waals surface area contributed by atoms with Gasteiger partial charge in [-0.3, -0.25) is 0 Å². The molecule has 0 aromatic heterocycles.